The summed E-state index contributed by atoms with van der Waals surface area (Å²) in [5.74, 6) is -1.97. The van der Waals surface area contributed by atoms with Gasteiger partial charge in [-0.3, -0.25) is 14.3 Å². The van der Waals surface area contributed by atoms with E-state index in [0.717, 1.165) is 17.4 Å². The van der Waals surface area contributed by atoms with E-state index in [1.165, 1.54) is 37.4 Å². The lowest BCUT2D eigenvalue weighted by molar-refractivity contribution is -0.119. The van der Waals surface area contributed by atoms with Crippen molar-refractivity contribution in [3.05, 3.63) is 71.1 Å². The van der Waals surface area contributed by atoms with Gasteiger partial charge in [0.25, 0.3) is 21.8 Å². The summed E-state index contributed by atoms with van der Waals surface area (Å²) in [5, 5.41) is 4.25. The van der Waals surface area contributed by atoms with Crippen molar-refractivity contribution in [1.29, 1.82) is 0 Å². The number of hydrogen-bond donors (Lipinski definition) is 3. The van der Waals surface area contributed by atoms with Gasteiger partial charge in [0.2, 0.25) is 0 Å². The first-order chi connectivity index (χ1) is 15.7. The largest absolute Gasteiger partial charge is 0.495 e. The Morgan fingerprint density at radius 2 is 1.82 bits per heavy atom. The molecule has 1 heterocycles. The van der Waals surface area contributed by atoms with E-state index in [4.69, 9.17) is 15.2 Å². The number of amides is 2. The predicted molar refractivity (Wildman–Crippen MR) is 122 cm³/mol. The Kier molecular flexibility index (Phi) is 7.30. The van der Waals surface area contributed by atoms with Crippen LogP contribution < -0.4 is 20.5 Å². The van der Waals surface area contributed by atoms with Crippen LogP contribution in [0.4, 0.5) is 10.7 Å². The van der Waals surface area contributed by atoms with Gasteiger partial charge in [-0.25, -0.2) is 13.2 Å². The van der Waals surface area contributed by atoms with E-state index in [9.17, 15) is 22.8 Å². The van der Waals surface area contributed by atoms with Crippen molar-refractivity contribution in [2.45, 2.75) is 4.90 Å². The SMILES string of the molecule is COc1ccccc1NS(=O)(=O)c1cccc(C(=O)OCC(=O)Nc2sccc2C(N)=O)c1. The highest BCUT2D eigenvalue weighted by Crippen LogP contribution is 2.26. The Hall–Kier alpha value is -3.90. The molecule has 33 heavy (non-hydrogen) atoms. The van der Waals surface area contributed by atoms with E-state index in [2.05, 4.69) is 10.0 Å². The minimum Gasteiger partial charge on any atom is -0.495 e. The normalized spacial score (nSPS) is 10.8. The molecule has 12 heteroatoms. The molecular weight excluding hydrogens is 470 g/mol. The van der Waals surface area contributed by atoms with Crippen LogP contribution in [0.1, 0.15) is 20.7 Å². The lowest BCUT2D eigenvalue weighted by Crippen LogP contribution is -2.22. The van der Waals surface area contributed by atoms with Crippen LogP contribution in [-0.4, -0.2) is 39.9 Å². The number of ether oxygens (including phenoxy) is 2. The first-order valence-electron chi connectivity index (χ1n) is 9.31. The number of hydrogen-bond acceptors (Lipinski definition) is 8. The molecule has 0 saturated carbocycles. The Labute approximate surface area is 193 Å². The highest BCUT2D eigenvalue weighted by atomic mass is 32.2. The zero-order valence-corrected chi connectivity index (χ0v) is 18.9. The third kappa shape index (κ3) is 5.87. The fourth-order valence-corrected chi connectivity index (χ4v) is 4.62. The average molecular weight is 490 g/mol. The fourth-order valence-electron chi connectivity index (χ4n) is 2.70. The van der Waals surface area contributed by atoms with E-state index >= 15 is 0 Å². The lowest BCUT2D eigenvalue weighted by Gasteiger charge is -2.12. The zero-order chi connectivity index (χ0) is 24.0. The maximum absolute atomic E-state index is 12.8. The molecule has 0 spiro atoms. The van der Waals surface area contributed by atoms with Crippen LogP contribution in [0.3, 0.4) is 0 Å². The van der Waals surface area contributed by atoms with E-state index in [0.29, 0.717) is 5.75 Å². The summed E-state index contributed by atoms with van der Waals surface area (Å²) in [6, 6.07) is 13.1. The van der Waals surface area contributed by atoms with E-state index in [1.807, 2.05) is 0 Å². The van der Waals surface area contributed by atoms with E-state index in [-0.39, 0.29) is 26.7 Å². The Balaban J connectivity index is 1.67. The molecule has 1 aromatic heterocycles. The number of primary amides is 1. The number of nitrogens with one attached hydrogen (secondary N) is 2. The molecule has 0 aliphatic carbocycles. The van der Waals surface area contributed by atoms with Crippen molar-refractivity contribution < 1.29 is 32.3 Å². The molecule has 0 atom stereocenters. The number of rotatable bonds is 9. The molecule has 3 rings (SSSR count). The Morgan fingerprint density at radius 3 is 2.55 bits per heavy atom. The molecule has 0 aliphatic heterocycles. The summed E-state index contributed by atoms with van der Waals surface area (Å²) < 4.78 is 38.0. The third-order valence-corrected chi connectivity index (χ3v) is 6.44. The quantitative estimate of drug-likeness (QED) is 0.390. The van der Waals surface area contributed by atoms with Gasteiger partial charge in [-0.1, -0.05) is 18.2 Å². The molecule has 172 valence electrons. The Morgan fingerprint density at radius 1 is 1.06 bits per heavy atom. The van der Waals surface area contributed by atoms with Gasteiger partial charge in [0, 0.05) is 0 Å². The van der Waals surface area contributed by atoms with Crippen LogP contribution in [0, 0.1) is 0 Å². The number of methoxy groups -OCH3 is 1. The van der Waals surface area contributed by atoms with Crippen LogP contribution in [0.2, 0.25) is 0 Å². The number of thiophene rings is 1. The molecule has 0 bridgehead atoms. The molecular formula is C21H19N3O7S2. The number of anilines is 2. The summed E-state index contributed by atoms with van der Waals surface area (Å²) in [6.07, 6.45) is 0. The summed E-state index contributed by atoms with van der Waals surface area (Å²) >= 11 is 1.09. The van der Waals surface area contributed by atoms with Crippen LogP contribution in [0.5, 0.6) is 5.75 Å². The van der Waals surface area contributed by atoms with Crippen molar-refractivity contribution in [2.24, 2.45) is 5.73 Å². The van der Waals surface area contributed by atoms with Gasteiger partial charge in [-0.15, -0.1) is 11.3 Å². The smallest absolute Gasteiger partial charge is 0.338 e. The van der Waals surface area contributed by atoms with Crippen molar-refractivity contribution in [3.8, 4) is 5.75 Å². The lowest BCUT2D eigenvalue weighted by atomic mass is 10.2. The topological polar surface area (TPSA) is 154 Å². The second kappa shape index (κ2) is 10.1. The number of carbonyl (C=O) groups excluding carboxylic acids is 3. The highest BCUT2D eigenvalue weighted by Gasteiger charge is 2.20. The second-order valence-corrected chi connectivity index (χ2v) is 9.08. The summed E-state index contributed by atoms with van der Waals surface area (Å²) in [4.78, 5) is 35.5. The predicted octanol–water partition coefficient (Wildman–Crippen LogP) is 2.45. The van der Waals surface area contributed by atoms with Crippen LogP contribution in [0.25, 0.3) is 0 Å². The summed E-state index contributed by atoms with van der Waals surface area (Å²) in [7, 11) is -2.63. The molecule has 2 amide bonds. The Bertz CT molecular complexity index is 1300. The van der Waals surface area contributed by atoms with Gasteiger partial charge in [0.15, 0.2) is 6.61 Å². The second-order valence-electron chi connectivity index (χ2n) is 6.49. The number of para-hydroxylation sites is 2. The summed E-state index contributed by atoms with van der Waals surface area (Å²) in [6.45, 7) is -0.647. The maximum Gasteiger partial charge on any atom is 0.338 e. The monoisotopic (exact) mass is 489 g/mol. The zero-order valence-electron chi connectivity index (χ0n) is 17.2. The van der Waals surface area contributed by atoms with Crippen molar-refractivity contribution in [3.63, 3.8) is 0 Å². The molecule has 0 saturated heterocycles. The standard InChI is InChI=1S/C21H19N3O7S2/c1-30-17-8-3-2-7-16(17)24-33(28,29)14-6-4-5-13(11-14)21(27)31-12-18(25)23-20-15(19(22)26)9-10-32-20/h2-11,24H,12H2,1H3,(H2,22,26)(H,23,25). The van der Waals surface area contributed by atoms with E-state index in [1.54, 1.807) is 23.6 Å². The summed E-state index contributed by atoms with van der Waals surface area (Å²) in [5.41, 5.74) is 5.52. The first-order valence-corrected chi connectivity index (χ1v) is 11.7. The molecule has 0 aliphatic rings. The van der Waals surface area contributed by atoms with Gasteiger partial charge >= 0.3 is 5.97 Å². The molecule has 4 N–H and O–H groups in total. The van der Waals surface area contributed by atoms with Crippen molar-refractivity contribution in [2.75, 3.05) is 23.8 Å². The van der Waals surface area contributed by atoms with E-state index < -0.39 is 34.4 Å². The number of sulfonamides is 1. The number of esters is 1. The minimum atomic E-state index is -4.04. The van der Waals surface area contributed by atoms with Crippen molar-refractivity contribution >= 4 is 49.8 Å². The molecule has 0 fully saturated rings. The minimum absolute atomic E-state index is 0.0698. The van der Waals surface area contributed by atoms with Gasteiger partial charge < -0.3 is 20.5 Å². The highest BCUT2D eigenvalue weighted by molar-refractivity contribution is 7.92. The molecule has 2 aromatic carbocycles. The molecule has 0 unspecified atom stereocenters. The van der Waals surface area contributed by atoms with Gasteiger partial charge in [-0.05, 0) is 41.8 Å². The molecule has 3 aromatic rings. The maximum atomic E-state index is 12.8. The molecule has 0 radical (unpaired) electrons. The van der Waals surface area contributed by atoms with Gasteiger partial charge in [0.05, 0.1) is 28.8 Å². The van der Waals surface area contributed by atoms with Crippen LogP contribution in [0.15, 0.2) is 64.9 Å². The third-order valence-electron chi connectivity index (χ3n) is 4.25. The number of nitrogens with two attached hydrogens (primary N) is 1. The fraction of sp³-hybridized carbons (Fsp3) is 0.0952. The number of carbonyl (C=O) groups is 3. The average Bonchev–Trinajstić information content (AvgIpc) is 3.26. The number of benzene rings is 2. The van der Waals surface area contributed by atoms with Crippen LogP contribution in [-0.2, 0) is 19.6 Å². The first kappa shape index (κ1) is 23.8. The van der Waals surface area contributed by atoms with Crippen molar-refractivity contribution in [1.82, 2.24) is 0 Å². The van der Waals surface area contributed by atoms with Gasteiger partial charge in [0.1, 0.15) is 10.8 Å². The van der Waals surface area contributed by atoms with Crippen LogP contribution >= 0.6 is 11.3 Å². The molecule has 10 nitrogen and oxygen atoms in total. The van der Waals surface area contributed by atoms with Gasteiger partial charge in [-0.2, -0.15) is 0 Å².